The predicted octanol–water partition coefficient (Wildman–Crippen LogP) is 1.48. The molecule has 2 rings (SSSR count). The largest absolute Gasteiger partial charge is 0.299 e. The van der Waals surface area contributed by atoms with Crippen molar-refractivity contribution in [2.45, 2.75) is 0 Å². The zero-order valence-electron chi connectivity index (χ0n) is 7.95. The monoisotopic (exact) mass is 199 g/mol. The Bertz CT molecular complexity index is 474. The molecule has 0 N–H and O–H groups in total. The Hall–Kier alpha value is -2.23. The molecule has 0 atom stereocenters. The molecule has 1 aromatic heterocycles. The fourth-order valence-corrected chi connectivity index (χ4v) is 1.20. The van der Waals surface area contributed by atoms with Gasteiger partial charge in [0.05, 0.1) is 11.9 Å². The number of benzene rings is 1. The highest BCUT2D eigenvalue weighted by Crippen LogP contribution is 2.06. The fourth-order valence-electron chi connectivity index (χ4n) is 1.20. The molecule has 4 heteroatoms. The normalized spacial score (nSPS) is 10.7. The van der Waals surface area contributed by atoms with Crippen LogP contribution in [0.15, 0.2) is 42.6 Å². The van der Waals surface area contributed by atoms with Crippen LogP contribution in [-0.2, 0) is 4.79 Å². The van der Waals surface area contributed by atoms with E-state index in [9.17, 15) is 4.79 Å². The lowest BCUT2D eigenvalue weighted by Crippen LogP contribution is -1.93. The first-order valence-electron chi connectivity index (χ1n) is 4.50. The van der Waals surface area contributed by atoms with Crippen LogP contribution >= 0.6 is 0 Å². The summed E-state index contributed by atoms with van der Waals surface area (Å²) in [5.74, 6) is 0. The number of hydrogen-bond donors (Lipinski definition) is 0. The molecule has 15 heavy (non-hydrogen) atoms. The maximum Gasteiger partial charge on any atom is 0.142 e. The van der Waals surface area contributed by atoms with Gasteiger partial charge < -0.3 is 0 Å². The Morgan fingerprint density at radius 2 is 2.00 bits per heavy atom. The second kappa shape index (κ2) is 4.32. The van der Waals surface area contributed by atoms with Gasteiger partial charge in [-0.15, -0.1) is 5.10 Å². The Morgan fingerprint density at radius 3 is 2.73 bits per heavy atom. The average molecular weight is 199 g/mol. The van der Waals surface area contributed by atoms with Crippen LogP contribution in [0.25, 0.3) is 11.8 Å². The molecule has 1 aromatic carbocycles. The van der Waals surface area contributed by atoms with E-state index in [-0.39, 0.29) is 0 Å². The molecule has 0 bridgehead atoms. The van der Waals surface area contributed by atoms with Crippen molar-refractivity contribution >= 4 is 12.4 Å². The zero-order chi connectivity index (χ0) is 10.5. The molecule has 4 nitrogen and oxygen atoms in total. The van der Waals surface area contributed by atoms with Crippen LogP contribution in [0.4, 0.5) is 0 Å². The van der Waals surface area contributed by atoms with Gasteiger partial charge in [0.1, 0.15) is 12.0 Å². The Balaban J connectivity index is 2.28. The van der Waals surface area contributed by atoms with Crippen LogP contribution in [0.3, 0.4) is 0 Å². The zero-order valence-corrected chi connectivity index (χ0v) is 7.95. The quantitative estimate of drug-likeness (QED) is 0.555. The maximum atomic E-state index is 10.1. The smallest absolute Gasteiger partial charge is 0.142 e. The third kappa shape index (κ3) is 2.17. The van der Waals surface area contributed by atoms with Crippen LogP contribution in [-0.4, -0.2) is 21.3 Å². The van der Waals surface area contributed by atoms with Gasteiger partial charge in [0.15, 0.2) is 0 Å². The molecule has 1 heterocycles. The first kappa shape index (κ1) is 9.33. The number of rotatable bonds is 3. The molecule has 0 fully saturated rings. The van der Waals surface area contributed by atoms with E-state index in [0.717, 1.165) is 5.69 Å². The lowest BCUT2D eigenvalue weighted by molar-refractivity contribution is -0.104. The number of nitrogens with zero attached hydrogens (tertiary/aromatic N) is 3. The summed E-state index contributed by atoms with van der Waals surface area (Å²) in [6.07, 6.45) is 5.47. The molecule has 0 amide bonds. The Kier molecular flexibility index (Phi) is 2.69. The number of hydrogen-bond acceptors (Lipinski definition) is 3. The first-order chi connectivity index (χ1) is 7.40. The number of carbonyl (C=O) groups excluding carboxylic acids is 1. The van der Waals surface area contributed by atoms with Crippen LogP contribution in [0.1, 0.15) is 5.69 Å². The topological polar surface area (TPSA) is 47.8 Å². The minimum atomic E-state index is 0.658. The molecule has 0 spiro atoms. The highest BCUT2D eigenvalue weighted by molar-refractivity contribution is 5.72. The van der Waals surface area contributed by atoms with E-state index >= 15 is 0 Å². The summed E-state index contributed by atoms with van der Waals surface area (Å²) in [5.41, 5.74) is 1.60. The minimum Gasteiger partial charge on any atom is -0.299 e. The Morgan fingerprint density at radius 1 is 1.20 bits per heavy atom. The van der Waals surface area contributed by atoms with E-state index in [0.29, 0.717) is 12.0 Å². The standard InChI is InChI=1S/C11H9N3O/c15-8-4-5-10-9-14(13-12-10)11-6-2-1-3-7-11/h1-9H. The summed E-state index contributed by atoms with van der Waals surface area (Å²) in [6, 6.07) is 9.66. The highest BCUT2D eigenvalue weighted by atomic mass is 16.1. The predicted molar refractivity (Wildman–Crippen MR) is 56.5 cm³/mol. The summed E-state index contributed by atoms with van der Waals surface area (Å²) in [5, 5.41) is 7.84. The van der Waals surface area contributed by atoms with Crippen LogP contribution in [0.2, 0.25) is 0 Å². The molecule has 0 radical (unpaired) electrons. The first-order valence-corrected chi connectivity index (χ1v) is 4.50. The molecular formula is C11H9N3O. The van der Waals surface area contributed by atoms with Gasteiger partial charge in [-0.1, -0.05) is 23.4 Å². The second-order valence-corrected chi connectivity index (χ2v) is 2.92. The number of aromatic nitrogens is 3. The highest BCUT2D eigenvalue weighted by Gasteiger charge is 1.98. The summed E-state index contributed by atoms with van der Waals surface area (Å²) in [6.45, 7) is 0. The van der Waals surface area contributed by atoms with Crippen molar-refractivity contribution in [3.05, 3.63) is 48.3 Å². The van der Waals surface area contributed by atoms with E-state index < -0.39 is 0 Å². The summed E-state index contributed by atoms with van der Waals surface area (Å²) < 4.78 is 1.66. The van der Waals surface area contributed by atoms with Gasteiger partial charge in [-0.25, -0.2) is 4.68 Å². The van der Waals surface area contributed by atoms with Gasteiger partial charge in [0.2, 0.25) is 0 Å². The lowest BCUT2D eigenvalue weighted by Gasteiger charge is -1.96. The van der Waals surface area contributed by atoms with E-state index in [4.69, 9.17) is 0 Å². The third-order valence-corrected chi connectivity index (χ3v) is 1.88. The van der Waals surface area contributed by atoms with E-state index in [1.807, 2.05) is 30.3 Å². The van der Waals surface area contributed by atoms with Gasteiger partial charge in [-0.05, 0) is 24.3 Å². The van der Waals surface area contributed by atoms with Crippen molar-refractivity contribution in [2.24, 2.45) is 0 Å². The van der Waals surface area contributed by atoms with E-state index in [2.05, 4.69) is 10.3 Å². The van der Waals surface area contributed by atoms with Crippen molar-refractivity contribution in [3.8, 4) is 5.69 Å². The van der Waals surface area contributed by atoms with Gasteiger partial charge in [0.25, 0.3) is 0 Å². The van der Waals surface area contributed by atoms with Gasteiger partial charge in [0, 0.05) is 0 Å². The molecule has 0 unspecified atom stereocenters. The van der Waals surface area contributed by atoms with Crippen molar-refractivity contribution < 1.29 is 4.79 Å². The number of allylic oxidation sites excluding steroid dienone is 1. The van der Waals surface area contributed by atoms with Gasteiger partial charge in [-0.2, -0.15) is 0 Å². The fraction of sp³-hybridized carbons (Fsp3) is 0. The molecule has 0 aliphatic rings. The van der Waals surface area contributed by atoms with Crippen LogP contribution < -0.4 is 0 Å². The number of aldehydes is 1. The molecule has 74 valence electrons. The van der Waals surface area contributed by atoms with Crippen molar-refractivity contribution in [1.29, 1.82) is 0 Å². The molecule has 2 aromatic rings. The van der Waals surface area contributed by atoms with Crippen LogP contribution in [0, 0.1) is 0 Å². The van der Waals surface area contributed by atoms with Crippen molar-refractivity contribution in [2.75, 3.05) is 0 Å². The van der Waals surface area contributed by atoms with Crippen LogP contribution in [0.5, 0.6) is 0 Å². The summed E-state index contributed by atoms with van der Waals surface area (Å²) in [4.78, 5) is 10.1. The van der Waals surface area contributed by atoms with Gasteiger partial charge >= 0.3 is 0 Å². The molecule has 0 aliphatic carbocycles. The molecule has 0 saturated carbocycles. The number of para-hydroxylation sites is 1. The number of carbonyl (C=O) groups is 1. The summed E-state index contributed by atoms with van der Waals surface area (Å²) >= 11 is 0. The molecule has 0 saturated heterocycles. The second-order valence-electron chi connectivity index (χ2n) is 2.92. The molecule has 0 aliphatic heterocycles. The average Bonchev–Trinajstić information content (AvgIpc) is 2.76. The SMILES string of the molecule is O=CC=Cc1cn(-c2ccccc2)nn1. The van der Waals surface area contributed by atoms with Crippen molar-refractivity contribution in [1.82, 2.24) is 15.0 Å². The van der Waals surface area contributed by atoms with E-state index in [1.165, 1.54) is 6.08 Å². The lowest BCUT2D eigenvalue weighted by atomic mass is 10.3. The van der Waals surface area contributed by atoms with Crippen molar-refractivity contribution in [3.63, 3.8) is 0 Å². The third-order valence-electron chi connectivity index (χ3n) is 1.88. The Labute approximate surface area is 86.9 Å². The minimum absolute atomic E-state index is 0.658. The maximum absolute atomic E-state index is 10.1. The molecular weight excluding hydrogens is 190 g/mol. The summed E-state index contributed by atoms with van der Waals surface area (Å²) in [7, 11) is 0. The van der Waals surface area contributed by atoms with E-state index in [1.54, 1.807) is 17.0 Å². The van der Waals surface area contributed by atoms with Gasteiger partial charge in [-0.3, -0.25) is 4.79 Å².